The molecule has 112 valence electrons. The first-order valence-electron chi connectivity index (χ1n) is 7.58. The summed E-state index contributed by atoms with van der Waals surface area (Å²) in [6.07, 6.45) is 2.46. The molecule has 1 aromatic heterocycles. The van der Waals surface area contributed by atoms with E-state index in [1.54, 1.807) is 0 Å². The van der Waals surface area contributed by atoms with Crippen LogP contribution >= 0.6 is 15.9 Å². The fourth-order valence-corrected chi connectivity index (χ4v) is 3.42. The van der Waals surface area contributed by atoms with Gasteiger partial charge in [0.15, 0.2) is 5.43 Å². The highest BCUT2D eigenvalue weighted by molar-refractivity contribution is 9.10. The second kappa shape index (κ2) is 5.93. The van der Waals surface area contributed by atoms with Crippen LogP contribution < -0.4 is 5.43 Å². The number of nitrogens with one attached hydrogen (secondary N) is 1. The molecule has 1 aliphatic heterocycles. The molecule has 2 aromatic rings. The molecule has 1 aliphatic rings. The number of aromatic nitrogens is 1. The Kier molecular flexibility index (Phi) is 4.18. The number of aromatic amines is 1. The Labute approximate surface area is 133 Å². The zero-order valence-corrected chi connectivity index (χ0v) is 14.2. The van der Waals surface area contributed by atoms with Crippen molar-refractivity contribution in [1.29, 1.82) is 0 Å². The average Bonchev–Trinajstić information content (AvgIpc) is 2.46. The molecule has 3 nitrogen and oxygen atoms in total. The summed E-state index contributed by atoms with van der Waals surface area (Å²) in [5.41, 5.74) is 2.99. The molecule has 1 aromatic carbocycles. The number of fused-ring (bicyclic) bond motifs is 1. The summed E-state index contributed by atoms with van der Waals surface area (Å²) in [6, 6.07) is 5.83. The van der Waals surface area contributed by atoms with Crippen LogP contribution in [0.15, 0.2) is 27.5 Å². The highest BCUT2D eigenvalue weighted by atomic mass is 79.9. The van der Waals surface area contributed by atoms with Crippen LogP contribution in [0.3, 0.4) is 0 Å². The van der Waals surface area contributed by atoms with E-state index in [1.807, 2.05) is 25.1 Å². The second-order valence-electron chi connectivity index (χ2n) is 6.21. The number of rotatable bonds is 2. The topological polar surface area (TPSA) is 36.1 Å². The molecule has 0 atom stereocenters. The minimum absolute atomic E-state index is 0.168. The van der Waals surface area contributed by atoms with E-state index >= 15 is 0 Å². The van der Waals surface area contributed by atoms with Crippen molar-refractivity contribution in [2.45, 2.75) is 33.2 Å². The molecule has 21 heavy (non-hydrogen) atoms. The summed E-state index contributed by atoms with van der Waals surface area (Å²) < 4.78 is 0.946. The number of benzene rings is 1. The molecule has 0 aliphatic carbocycles. The first-order valence-corrected chi connectivity index (χ1v) is 8.37. The lowest BCUT2D eigenvalue weighted by molar-refractivity contribution is 0.184. The van der Waals surface area contributed by atoms with Crippen LogP contribution in [0.4, 0.5) is 0 Å². The Bertz CT molecular complexity index is 715. The number of aryl methyl sites for hydroxylation is 1. The van der Waals surface area contributed by atoms with Gasteiger partial charge in [0.05, 0.1) is 0 Å². The predicted octanol–water partition coefficient (Wildman–Crippen LogP) is 3.83. The number of pyridine rings is 1. The molecule has 0 bridgehead atoms. The van der Waals surface area contributed by atoms with E-state index in [-0.39, 0.29) is 5.43 Å². The molecule has 0 radical (unpaired) electrons. The third kappa shape index (κ3) is 3.06. The van der Waals surface area contributed by atoms with Crippen molar-refractivity contribution in [2.24, 2.45) is 5.92 Å². The third-order valence-corrected chi connectivity index (χ3v) is 5.03. The summed E-state index contributed by atoms with van der Waals surface area (Å²) in [6.45, 7) is 7.26. The summed E-state index contributed by atoms with van der Waals surface area (Å²) in [5.74, 6) is 0.813. The van der Waals surface area contributed by atoms with Crippen molar-refractivity contribution in [3.63, 3.8) is 0 Å². The van der Waals surface area contributed by atoms with Crippen LogP contribution in [0, 0.1) is 12.8 Å². The maximum Gasteiger partial charge on any atom is 0.194 e. The van der Waals surface area contributed by atoms with E-state index < -0.39 is 0 Å². The van der Waals surface area contributed by atoms with Crippen LogP contribution in [0.1, 0.15) is 31.0 Å². The molecule has 0 spiro atoms. The fraction of sp³-hybridized carbons (Fsp3) is 0.471. The summed E-state index contributed by atoms with van der Waals surface area (Å²) in [4.78, 5) is 18.6. The molecular formula is C17H21BrN2O. The Hall–Kier alpha value is -1.13. The van der Waals surface area contributed by atoms with Gasteiger partial charge >= 0.3 is 0 Å². The van der Waals surface area contributed by atoms with Gasteiger partial charge in [0, 0.05) is 33.2 Å². The lowest BCUT2D eigenvalue weighted by Crippen LogP contribution is -2.34. The average molecular weight is 349 g/mol. The molecule has 0 unspecified atom stereocenters. The molecule has 3 rings (SSSR count). The minimum atomic E-state index is 0.168. The number of piperidine rings is 1. The highest BCUT2D eigenvalue weighted by Crippen LogP contribution is 2.20. The van der Waals surface area contributed by atoms with Gasteiger partial charge in [0.2, 0.25) is 0 Å². The van der Waals surface area contributed by atoms with Crippen LogP contribution in [-0.2, 0) is 6.54 Å². The van der Waals surface area contributed by atoms with Gasteiger partial charge in [-0.1, -0.05) is 22.9 Å². The highest BCUT2D eigenvalue weighted by Gasteiger charge is 2.18. The molecule has 1 fully saturated rings. The summed E-state index contributed by atoms with van der Waals surface area (Å²) in [7, 11) is 0. The largest absolute Gasteiger partial charge is 0.358 e. The first kappa shape index (κ1) is 14.8. The van der Waals surface area contributed by atoms with Gasteiger partial charge < -0.3 is 4.98 Å². The Morgan fingerprint density at radius 1 is 1.33 bits per heavy atom. The third-order valence-electron chi connectivity index (χ3n) is 4.53. The minimum Gasteiger partial charge on any atom is -0.358 e. The van der Waals surface area contributed by atoms with E-state index in [2.05, 4.69) is 32.7 Å². The van der Waals surface area contributed by atoms with Gasteiger partial charge in [0.25, 0.3) is 0 Å². The van der Waals surface area contributed by atoms with Crippen molar-refractivity contribution in [3.05, 3.63) is 44.2 Å². The smallest absolute Gasteiger partial charge is 0.194 e. The van der Waals surface area contributed by atoms with Crippen LogP contribution in [-0.4, -0.2) is 23.0 Å². The number of likely N-dealkylation sites (tertiary alicyclic amines) is 1. The summed E-state index contributed by atoms with van der Waals surface area (Å²) >= 11 is 3.45. The maximum atomic E-state index is 12.8. The number of hydrogen-bond acceptors (Lipinski definition) is 2. The monoisotopic (exact) mass is 348 g/mol. The van der Waals surface area contributed by atoms with Gasteiger partial charge in [-0.15, -0.1) is 0 Å². The van der Waals surface area contributed by atoms with E-state index in [0.717, 1.165) is 52.2 Å². The quantitative estimate of drug-likeness (QED) is 0.895. The molecule has 1 saturated heterocycles. The number of nitrogens with zero attached hydrogens (tertiary/aromatic N) is 1. The Morgan fingerprint density at radius 2 is 2.05 bits per heavy atom. The number of halogens is 1. The van der Waals surface area contributed by atoms with Crippen LogP contribution in [0.2, 0.25) is 0 Å². The molecule has 0 amide bonds. The van der Waals surface area contributed by atoms with Crippen molar-refractivity contribution < 1.29 is 0 Å². The van der Waals surface area contributed by atoms with Gasteiger partial charge in [-0.3, -0.25) is 9.69 Å². The van der Waals surface area contributed by atoms with Crippen LogP contribution in [0.25, 0.3) is 10.9 Å². The lowest BCUT2D eigenvalue weighted by atomic mass is 9.98. The van der Waals surface area contributed by atoms with E-state index in [0.29, 0.717) is 0 Å². The summed E-state index contributed by atoms with van der Waals surface area (Å²) in [5, 5.41) is 0.773. The van der Waals surface area contributed by atoms with Gasteiger partial charge in [-0.25, -0.2) is 0 Å². The molecular weight excluding hydrogens is 328 g/mol. The second-order valence-corrected chi connectivity index (χ2v) is 7.12. The lowest BCUT2D eigenvalue weighted by Gasteiger charge is -2.30. The Balaban J connectivity index is 1.96. The predicted molar refractivity (Wildman–Crippen MR) is 90.7 cm³/mol. The zero-order valence-electron chi connectivity index (χ0n) is 12.6. The standard InChI is InChI=1S/C17H21BrN2O/c1-11-5-7-20(8-6-11)10-15-12(2)19-16-4-3-13(18)9-14(16)17(15)21/h3-4,9,11H,5-8,10H2,1-2H3,(H,19,21). The van der Waals surface area contributed by atoms with Crippen molar-refractivity contribution in [3.8, 4) is 0 Å². The van der Waals surface area contributed by atoms with E-state index in [1.165, 1.54) is 12.8 Å². The van der Waals surface area contributed by atoms with Crippen molar-refractivity contribution in [1.82, 2.24) is 9.88 Å². The SMILES string of the molecule is Cc1[nH]c2ccc(Br)cc2c(=O)c1CN1CCC(C)CC1. The normalized spacial score (nSPS) is 17.5. The maximum absolute atomic E-state index is 12.8. The number of hydrogen-bond donors (Lipinski definition) is 1. The molecule has 1 N–H and O–H groups in total. The fourth-order valence-electron chi connectivity index (χ4n) is 3.06. The van der Waals surface area contributed by atoms with E-state index in [4.69, 9.17) is 0 Å². The van der Waals surface area contributed by atoms with E-state index in [9.17, 15) is 4.79 Å². The van der Waals surface area contributed by atoms with Gasteiger partial charge in [-0.2, -0.15) is 0 Å². The number of H-pyrrole nitrogens is 1. The Morgan fingerprint density at radius 3 is 2.76 bits per heavy atom. The van der Waals surface area contributed by atoms with Gasteiger partial charge in [0.1, 0.15) is 0 Å². The molecule has 4 heteroatoms. The van der Waals surface area contributed by atoms with Crippen molar-refractivity contribution >= 4 is 26.8 Å². The van der Waals surface area contributed by atoms with Gasteiger partial charge in [-0.05, 0) is 57.0 Å². The van der Waals surface area contributed by atoms with Crippen molar-refractivity contribution in [2.75, 3.05) is 13.1 Å². The molecule has 2 heterocycles. The van der Waals surface area contributed by atoms with Crippen LogP contribution in [0.5, 0.6) is 0 Å². The first-order chi connectivity index (χ1) is 10.0. The molecule has 0 saturated carbocycles. The zero-order chi connectivity index (χ0) is 15.0.